The molecule has 0 amide bonds. The molecule has 0 fully saturated rings. The summed E-state index contributed by atoms with van der Waals surface area (Å²) >= 11 is 0. The molecule has 0 radical (unpaired) electrons. The van der Waals surface area contributed by atoms with Crippen molar-refractivity contribution in [2.75, 3.05) is 13.7 Å². The molecule has 6 heteroatoms. The fraction of sp³-hybridized carbons (Fsp3) is 0.500. The maximum Gasteiger partial charge on any atom is 0.272 e. The van der Waals surface area contributed by atoms with E-state index in [1.165, 1.54) is 6.07 Å². The summed E-state index contributed by atoms with van der Waals surface area (Å²) < 4.78 is 28.1. The Morgan fingerprint density at radius 1 is 1.43 bits per heavy atom. The van der Waals surface area contributed by atoms with Crippen LogP contribution in [0.2, 0.25) is 0 Å². The Morgan fingerprint density at radius 2 is 2.21 bits per heavy atom. The first-order valence-corrected chi connectivity index (χ1v) is 4.10. The molecular formula is C8H11F2N3O. The van der Waals surface area contributed by atoms with E-state index in [1.54, 1.807) is 13.1 Å². The van der Waals surface area contributed by atoms with Crippen LogP contribution >= 0.6 is 0 Å². The van der Waals surface area contributed by atoms with Crippen molar-refractivity contribution in [3.63, 3.8) is 0 Å². The SMILES string of the molecule is CNCc1ccc(OCC(F)F)nn1. The van der Waals surface area contributed by atoms with Crippen LogP contribution in [-0.4, -0.2) is 30.3 Å². The van der Waals surface area contributed by atoms with Crippen LogP contribution in [-0.2, 0) is 6.54 Å². The molecule has 1 N–H and O–H groups in total. The molecule has 1 heterocycles. The predicted octanol–water partition coefficient (Wildman–Crippen LogP) is 0.840. The molecule has 4 nitrogen and oxygen atoms in total. The minimum absolute atomic E-state index is 0.116. The van der Waals surface area contributed by atoms with Crippen molar-refractivity contribution in [1.82, 2.24) is 15.5 Å². The second kappa shape index (κ2) is 5.43. The largest absolute Gasteiger partial charge is 0.471 e. The number of hydrogen-bond donors (Lipinski definition) is 1. The van der Waals surface area contributed by atoms with E-state index in [-0.39, 0.29) is 5.88 Å². The molecule has 0 bridgehead atoms. The second-order valence-corrected chi connectivity index (χ2v) is 2.60. The van der Waals surface area contributed by atoms with Crippen LogP contribution < -0.4 is 10.1 Å². The van der Waals surface area contributed by atoms with Crippen molar-refractivity contribution >= 4 is 0 Å². The number of rotatable bonds is 5. The zero-order valence-corrected chi connectivity index (χ0v) is 7.70. The van der Waals surface area contributed by atoms with Gasteiger partial charge in [-0.05, 0) is 13.1 Å². The van der Waals surface area contributed by atoms with E-state index in [0.717, 1.165) is 5.69 Å². The zero-order chi connectivity index (χ0) is 10.4. The number of hydrogen-bond acceptors (Lipinski definition) is 4. The number of nitrogens with one attached hydrogen (secondary N) is 1. The number of alkyl halides is 2. The summed E-state index contributed by atoms with van der Waals surface area (Å²) in [7, 11) is 1.78. The first-order chi connectivity index (χ1) is 6.72. The summed E-state index contributed by atoms with van der Waals surface area (Å²) in [4.78, 5) is 0. The Balaban J connectivity index is 2.46. The van der Waals surface area contributed by atoms with Gasteiger partial charge in [-0.1, -0.05) is 0 Å². The molecule has 14 heavy (non-hydrogen) atoms. The van der Waals surface area contributed by atoms with E-state index in [4.69, 9.17) is 0 Å². The van der Waals surface area contributed by atoms with E-state index in [0.29, 0.717) is 6.54 Å². The van der Waals surface area contributed by atoms with Gasteiger partial charge in [0.1, 0.15) is 0 Å². The zero-order valence-electron chi connectivity index (χ0n) is 7.70. The van der Waals surface area contributed by atoms with Crippen molar-refractivity contribution in [2.45, 2.75) is 13.0 Å². The fourth-order valence-electron chi connectivity index (χ4n) is 0.848. The average Bonchev–Trinajstić information content (AvgIpc) is 2.17. The third kappa shape index (κ3) is 3.61. The molecule has 78 valence electrons. The highest BCUT2D eigenvalue weighted by atomic mass is 19.3. The topological polar surface area (TPSA) is 47.0 Å². The van der Waals surface area contributed by atoms with Gasteiger partial charge in [-0.2, -0.15) is 5.10 Å². The van der Waals surface area contributed by atoms with E-state index in [1.807, 2.05) is 0 Å². The summed E-state index contributed by atoms with van der Waals surface area (Å²) in [5.41, 5.74) is 0.733. The second-order valence-electron chi connectivity index (χ2n) is 2.60. The summed E-state index contributed by atoms with van der Waals surface area (Å²) in [5, 5.41) is 10.3. The smallest absolute Gasteiger partial charge is 0.272 e. The fourth-order valence-corrected chi connectivity index (χ4v) is 0.848. The van der Waals surface area contributed by atoms with E-state index < -0.39 is 13.0 Å². The van der Waals surface area contributed by atoms with Crippen LogP contribution in [0.4, 0.5) is 8.78 Å². The quantitative estimate of drug-likeness (QED) is 0.770. The monoisotopic (exact) mass is 203 g/mol. The Hall–Kier alpha value is -1.30. The average molecular weight is 203 g/mol. The lowest BCUT2D eigenvalue weighted by molar-refractivity contribution is 0.0790. The molecule has 0 saturated carbocycles. The lowest BCUT2D eigenvalue weighted by atomic mass is 10.4. The van der Waals surface area contributed by atoms with Crippen molar-refractivity contribution in [2.24, 2.45) is 0 Å². The van der Waals surface area contributed by atoms with Gasteiger partial charge in [-0.3, -0.25) is 0 Å². The standard InChI is InChI=1S/C8H11F2N3O/c1-11-4-6-2-3-8(13-12-6)14-5-7(9)10/h2-3,7,11H,4-5H2,1H3. The molecule has 1 rings (SSSR count). The predicted molar refractivity (Wildman–Crippen MR) is 46.3 cm³/mol. The molecule has 0 saturated heterocycles. The number of halogens is 2. The highest BCUT2D eigenvalue weighted by Gasteiger charge is 2.04. The van der Waals surface area contributed by atoms with Gasteiger partial charge < -0.3 is 10.1 Å². The van der Waals surface area contributed by atoms with Gasteiger partial charge in [-0.25, -0.2) is 8.78 Å². The molecule has 0 aliphatic rings. The van der Waals surface area contributed by atoms with Crippen LogP contribution in [0.5, 0.6) is 5.88 Å². The Morgan fingerprint density at radius 3 is 2.71 bits per heavy atom. The third-order valence-electron chi connectivity index (χ3n) is 1.41. The van der Waals surface area contributed by atoms with Gasteiger partial charge >= 0.3 is 0 Å². The Labute approximate surface area is 80.3 Å². The molecule has 0 aromatic carbocycles. The van der Waals surface area contributed by atoms with Crippen LogP contribution in [0.1, 0.15) is 5.69 Å². The minimum Gasteiger partial charge on any atom is -0.471 e. The Kier molecular flexibility index (Phi) is 4.18. The summed E-state index contributed by atoms with van der Waals surface area (Å²) in [6.07, 6.45) is -2.49. The van der Waals surface area contributed by atoms with E-state index in [9.17, 15) is 8.78 Å². The lowest BCUT2D eigenvalue weighted by Gasteiger charge is -2.03. The molecule has 0 atom stereocenters. The van der Waals surface area contributed by atoms with Crippen molar-refractivity contribution in [1.29, 1.82) is 0 Å². The van der Waals surface area contributed by atoms with Crippen LogP contribution in [0, 0.1) is 0 Å². The van der Waals surface area contributed by atoms with Gasteiger partial charge in [0.15, 0.2) is 6.61 Å². The van der Waals surface area contributed by atoms with Crippen LogP contribution in [0.15, 0.2) is 12.1 Å². The van der Waals surface area contributed by atoms with E-state index in [2.05, 4.69) is 20.3 Å². The Bertz CT molecular complexity index is 266. The van der Waals surface area contributed by atoms with Gasteiger partial charge in [0, 0.05) is 12.6 Å². The maximum atomic E-state index is 11.7. The van der Waals surface area contributed by atoms with Gasteiger partial charge in [-0.15, -0.1) is 5.10 Å². The first kappa shape index (κ1) is 10.8. The first-order valence-electron chi connectivity index (χ1n) is 4.10. The highest BCUT2D eigenvalue weighted by Crippen LogP contribution is 2.06. The number of ether oxygens (including phenoxy) is 1. The number of nitrogens with zero attached hydrogens (tertiary/aromatic N) is 2. The maximum absolute atomic E-state index is 11.7. The van der Waals surface area contributed by atoms with Crippen molar-refractivity contribution in [3.05, 3.63) is 17.8 Å². The molecule has 1 aromatic rings. The molecule has 1 aromatic heterocycles. The normalized spacial score (nSPS) is 10.6. The van der Waals surface area contributed by atoms with Crippen LogP contribution in [0.25, 0.3) is 0 Å². The van der Waals surface area contributed by atoms with Crippen molar-refractivity contribution in [3.8, 4) is 5.88 Å². The van der Waals surface area contributed by atoms with Gasteiger partial charge in [0.05, 0.1) is 5.69 Å². The lowest BCUT2D eigenvalue weighted by Crippen LogP contribution is -2.10. The van der Waals surface area contributed by atoms with Crippen molar-refractivity contribution < 1.29 is 13.5 Å². The summed E-state index contributed by atoms with van der Waals surface area (Å²) in [5.74, 6) is 0.116. The summed E-state index contributed by atoms with van der Waals surface area (Å²) in [6, 6.07) is 3.19. The highest BCUT2D eigenvalue weighted by molar-refractivity contribution is 5.11. The third-order valence-corrected chi connectivity index (χ3v) is 1.41. The van der Waals surface area contributed by atoms with Gasteiger partial charge in [0.25, 0.3) is 6.43 Å². The molecular weight excluding hydrogens is 192 g/mol. The molecule has 0 aliphatic heterocycles. The van der Waals surface area contributed by atoms with Gasteiger partial charge in [0.2, 0.25) is 5.88 Å². The molecule has 0 spiro atoms. The van der Waals surface area contributed by atoms with Crippen LogP contribution in [0.3, 0.4) is 0 Å². The molecule has 0 unspecified atom stereocenters. The minimum atomic E-state index is -2.49. The number of aromatic nitrogens is 2. The summed E-state index contributed by atoms with van der Waals surface area (Å²) in [6.45, 7) is -0.0673. The molecule has 0 aliphatic carbocycles. The van der Waals surface area contributed by atoms with E-state index >= 15 is 0 Å².